The van der Waals surface area contributed by atoms with Crippen molar-refractivity contribution < 1.29 is 19.1 Å². The van der Waals surface area contributed by atoms with Crippen molar-refractivity contribution in [3.63, 3.8) is 0 Å². The van der Waals surface area contributed by atoms with Crippen LogP contribution in [0.4, 0.5) is 5.69 Å². The lowest BCUT2D eigenvalue weighted by atomic mass is 9.85. The van der Waals surface area contributed by atoms with E-state index < -0.39 is 5.97 Å². The topological polar surface area (TPSA) is 63.7 Å². The summed E-state index contributed by atoms with van der Waals surface area (Å²) in [6.07, 6.45) is 5.02. The van der Waals surface area contributed by atoms with Crippen molar-refractivity contribution in [1.82, 2.24) is 0 Å². The van der Waals surface area contributed by atoms with E-state index in [2.05, 4.69) is 12.2 Å². The van der Waals surface area contributed by atoms with Gasteiger partial charge < -0.3 is 4.74 Å². The summed E-state index contributed by atoms with van der Waals surface area (Å²) in [5, 5.41) is 2.04. The molecule has 1 aliphatic heterocycles. The number of allylic oxidation sites excluding steroid dienone is 2. The van der Waals surface area contributed by atoms with E-state index in [1.165, 1.54) is 4.90 Å². The molecule has 4 atom stereocenters. The first kappa shape index (κ1) is 18.1. The van der Waals surface area contributed by atoms with Gasteiger partial charge in [-0.1, -0.05) is 48.6 Å². The molecule has 2 fully saturated rings. The third-order valence-corrected chi connectivity index (χ3v) is 6.74. The molecule has 0 N–H and O–H groups in total. The molecule has 0 unspecified atom stereocenters. The average Bonchev–Trinajstić information content (AvgIpc) is 3.47. The zero-order valence-corrected chi connectivity index (χ0v) is 16.6. The standard InChI is InChI=1S/C26H19NO4/c28-24-22-17-8-9-18(12-17)23(22)25(29)27(24)20-7-3-6-19(13-20)26(30)31-21-11-10-15-4-1-2-5-16(15)14-21/h1-11,13-14,17-18,22-23H,12H2/t17-,18-,22-,23+/m0/s1. The van der Waals surface area contributed by atoms with Crippen molar-refractivity contribution in [1.29, 1.82) is 0 Å². The number of carbonyl (C=O) groups excluding carboxylic acids is 3. The second-order valence-electron chi connectivity index (χ2n) is 8.46. The lowest BCUT2D eigenvalue weighted by molar-refractivity contribution is -0.123. The Morgan fingerprint density at radius 3 is 2.26 bits per heavy atom. The summed E-state index contributed by atoms with van der Waals surface area (Å²) in [4.78, 5) is 40.1. The third-order valence-electron chi connectivity index (χ3n) is 6.74. The molecule has 152 valence electrons. The highest BCUT2D eigenvalue weighted by Gasteiger charge is 2.59. The first-order chi connectivity index (χ1) is 15.1. The van der Waals surface area contributed by atoms with Crippen molar-refractivity contribution >= 4 is 34.2 Å². The summed E-state index contributed by atoms with van der Waals surface area (Å²) in [5.74, 6) is -0.641. The zero-order valence-electron chi connectivity index (χ0n) is 16.6. The van der Waals surface area contributed by atoms with Gasteiger partial charge in [0.1, 0.15) is 5.75 Å². The number of imide groups is 1. The van der Waals surface area contributed by atoms with Crippen LogP contribution in [0.3, 0.4) is 0 Å². The van der Waals surface area contributed by atoms with Crippen LogP contribution in [0.5, 0.6) is 5.75 Å². The third kappa shape index (κ3) is 2.73. The Morgan fingerprint density at radius 2 is 1.52 bits per heavy atom. The van der Waals surface area contributed by atoms with Crippen LogP contribution in [0.15, 0.2) is 78.9 Å². The van der Waals surface area contributed by atoms with Crippen LogP contribution in [-0.2, 0) is 9.59 Å². The summed E-state index contributed by atoms with van der Waals surface area (Å²) < 4.78 is 5.56. The minimum atomic E-state index is -0.529. The van der Waals surface area contributed by atoms with Gasteiger partial charge in [0.15, 0.2) is 0 Å². The van der Waals surface area contributed by atoms with Crippen molar-refractivity contribution in [2.45, 2.75) is 6.42 Å². The zero-order chi connectivity index (χ0) is 21.1. The molecule has 2 aliphatic carbocycles. The number of benzene rings is 3. The van der Waals surface area contributed by atoms with Crippen LogP contribution >= 0.6 is 0 Å². The molecular weight excluding hydrogens is 390 g/mol. The van der Waals surface area contributed by atoms with E-state index in [9.17, 15) is 14.4 Å². The van der Waals surface area contributed by atoms with Gasteiger partial charge in [0.2, 0.25) is 11.8 Å². The number of anilines is 1. The molecule has 31 heavy (non-hydrogen) atoms. The van der Waals surface area contributed by atoms with E-state index in [1.807, 2.05) is 36.4 Å². The quantitative estimate of drug-likeness (QED) is 0.279. The van der Waals surface area contributed by atoms with Crippen molar-refractivity contribution in [2.75, 3.05) is 4.90 Å². The molecule has 3 aromatic rings. The summed E-state index contributed by atoms with van der Waals surface area (Å²) in [6, 6.07) is 19.9. The van der Waals surface area contributed by atoms with E-state index in [0.29, 0.717) is 17.0 Å². The van der Waals surface area contributed by atoms with Crippen LogP contribution in [0, 0.1) is 23.7 Å². The Bertz CT molecular complexity index is 1260. The molecule has 1 saturated carbocycles. The van der Waals surface area contributed by atoms with Crippen LogP contribution in [0.1, 0.15) is 16.8 Å². The molecule has 5 heteroatoms. The minimum absolute atomic E-state index is 0.150. The van der Waals surface area contributed by atoms with Crippen LogP contribution in [0.25, 0.3) is 10.8 Å². The Balaban J connectivity index is 1.26. The predicted molar refractivity (Wildman–Crippen MR) is 116 cm³/mol. The second kappa shape index (κ2) is 6.64. The lowest BCUT2D eigenvalue weighted by Crippen LogP contribution is -2.33. The van der Waals surface area contributed by atoms with Crippen LogP contribution in [-0.4, -0.2) is 17.8 Å². The number of esters is 1. The maximum Gasteiger partial charge on any atom is 0.343 e. The fourth-order valence-electron chi connectivity index (χ4n) is 5.33. The molecular formula is C26H19NO4. The van der Waals surface area contributed by atoms with Gasteiger partial charge in [0.05, 0.1) is 23.1 Å². The van der Waals surface area contributed by atoms with Crippen LogP contribution in [0.2, 0.25) is 0 Å². The van der Waals surface area contributed by atoms with Gasteiger partial charge >= 0.3 is 5.97 Å². The fourth-order valence-corrected chi connectivity index (χ4v) is 5.33. The average molecular weight is 409 g/mol. The summed E-state index contributed by atoms with van der Waals surface area (Å²) in [5.41, 5.74) is 0.723. The van der Waals surface area contributed by atoms with Gasteiger partial charge in [-0.2, -0.15) is 0 Å². The number of ether oxygens (including phenoxy) is 1. The van der Waals surface area contributed by atoms with Crippen molar-refractivity contribution in [3.8, 4) is 5.75 Å². The fraction of sp³-hybridized carbons (Fsp3) is 0.192. The number of hydrogen-bond acceptors (Lipinski definition) is 4. The molecule has 1 heterocycles. The lowest BCUT2D eigenvalue weighted by Gasteiger charge is -2.18. The number of fused-ring (bicyclic) bond motifs is 6. The largest absolute Gasteiger partial charge is 0.423 e. The Labute approximate surface area is 178 Å². The molecule has 6 rings (SSSR count). The Hall–Kier alpha value is -3.73. The van der Waals surface area contributed by atoms with Gasteiger partial charge in [-0.3, -0.25) is 9.59 Å². The maximum atomic E-state index is 13.0. The molecule has 3 aliphatic rings. The first-order valence-corrected chi connectivity index (χ1v) is 10.5. The monoisotopic (exact) mass is 409 g/mol. The van der Waals surface area contributed by atoms with E-state index in [4.69, 9.17) is 4.74 Å². The van der Waals surface area contributed by atoms with E-state index >= 15 is 0 Å². The SMILES string of the molecule is O=C(Oc1ccc2ccccc2c1)c1cccc(N2C(=O)[C@@H]3[C@H](C2=O)[C@H]2C=C[C@H]3C2)c1. The number of carbonyl (C=O) groups is 3. The Morgan fingerprint density at radius 1 is 0.806 bits per heavy atom. The number of nitrogens with zero attached hydrogens (tertiary/aromatic N) is 1. The predicted octanol–water partition coefficient (Wildman–Crippen LogP) is 4.37. The second-order valence-corrected chi connectivity index (χ2v) is 8.46. The Kier molecular flexibility index (Phi) is 3.87. The van der Waals surface area contributed by atoms with Gasteiger partial charge in [0, 0.05) is 0 Å². The summed E-state index contributed by atoms with van der Waals surface area (Å²) in [6.45, 7) is 0. The number of amides is 2. The maximum absolute atomic E-state index is 13.0. The summed E-state index contributed by atoms with van der Waals surface area (Å²) >= 11 is 0. The van der Waals surface area contributed by atoms with Crippen LogP contribution < -0.4 is 9.64 Å². The smallest absolute Gasteiger partial charge is 0.343 e. The number of hydrogen-bond donors (Lipinski definition) is 0. The van der Waals surface area contributed by atoms with E-state index in [0.717, 1.165) is 17.2 Å². The molecule has 2 amide bonds. The minimum Gasteiger partial charge on any atom is -0.423 e. The first-order valence-electron chi connectivity index (χ1n) is 10.5. The molecule has 3 aromatic carbocycles. The van der Waals surface area contributed by atoms with Gasteiger partial charge in [-0.15, -0.1) is 0 Å². The van der Waals surface area contributed by atoms with Crippen molar-refractivity contribution in [2.24, 2.45) is 23.7 Å². The highest BCUT2D eigenvalue weighted by molar-refractivity contribution is 6.23. The molecule has 2 bridgehead atoms. The van der Waals surface area contributed by atoms with Gasteiger partial charge in [-0.05, 0) is 59.4 Å². The summed E-state index contributed by atoms with van der Waals surface area (Å²) in [7, 11) is 0. The molecule has 0 aromatic heterocycles. The highest BCUT2D eigenvalue weighted by Crippen LogP contribution is 2.53. The number of rotatable bonds is 3. The molecule has 5 nitrogen and oxygen atoms in total. The van der Waals surface area contributed by atoms with Crippen molar-refractivity contribution in [3.05, 3.63) is 84.4 Å². The molecule has 0 radical (unpaired) electrons. The highest BCUT2D eigenvalue weighted by atomic mass is 16.5. The van der Waals surface area contributed by atoms with E-state index in [-0.39, 0.29) is 35.5 Å². The van der Waals surface area contributed by atoms with Gasteiger partial charge in [-0.25, -0.2) is 9.69 Å². The normalized spacial score (nSPS) is 26.0. The van der Waals surface area contributed by atoms with Gasteiger partial charge in [0.25, 0.3) is 0 Å². The molecule has 1 saturated heterocycles. The van der Waals surface area contributed by atoms with E-state index in [1.54, 1.807) is 30.3 Å². The molecule has 0 spiro atoms.